The molecule has 8 nitrogen and oxygen atoms in total. The van der Waals surface area contributed by atoms with E-state index in [0.29, 0.717) is 34.0 Å². The largest absolute Gasteiger partial charge is 0.491 e. The number of benzene rings is 3. The number of amides is 1. The molecular formula is C28H25F2IN4O4. The summed E-state index contributed by atoms with van der Waals surface area (Å²) in [7, 11) is 0. The van der Waals surface area contributed by atoms with Crippen molar-refractivity contribution >= 4 is 28.5 Å². The lowest BCUT2D eigenvalue weighted by atomic mass is 10.0. The molecule has 3 aromatic carbocycles. The van der Waals surface area contributed by atoms with Crippen molar-refractivity contribution in [2.24, 2.45) is 0 Å². The quantitative estimate of drug-likeness (QED) is 0.204. The molecule has 11 heteroatoms. The lowest BCUT2D eigenvalue weighted by molar-refractivity contribution is -0.138. The van der Waals surface area contributed by atoms with Crippen LogP contribution < -0.4 is 10.1 Å². The van der Waals surface area contributed by atoms with Gasteiger partial charge in [-0.3, -0.25) is 15.0 Å². The lowest BCUT2D eigenvalue weighted by Gasteiger charge is -2.29. The van der Waals surface area contributed by atoms with Gasteiger partial charge in [-0.25, -0.2) is 13.8 Å². The minimum Gasteiger partial charge on any atom is -0.491 e. The number of nitrogens with one attached hydrogen (secondary N) is 2. The summed E-state index contributed by atoms with van der Waals surface area (Å²) < 4.78 is 34.4. The molecule has 1 aliphatic rings. The monoisotopic (exact) mass is 646 g/mol. The fourth-order valence-electron chi connectivity index (χ4n) is 4.57. The molecule has 3 atom stereocenters. The highest BCUT2D eigenvalue weighted by Crippen LogP contribution is 2.34. The Balaban J connectivity index is 1.46. The van der Waals surface area contributed by atoms with Gasteiger partial charge in [0.25, 0.3) is 0 Å². The number of nitrogens with zero attached hydrogens (tertiary/aromatic N) is 2. The summed E-state index contributed by atoms with van der Waals surface area (Å²) in [6.07, 6.45) is 0.358. The molecule has 1 aliphatic heterocycles. The molecule has 202 valence electrons. The first kappa shape index (κ1) is 27.2. The molecule has 0 spiro atoms. The van der Waals surface area contributed by atoms with Crippen molar-refractivity contribution in [3.05, 3.63) is 105 Å². The van der Waals surface area contributed by atoms with Gasteiger partial charge in [0, 0.05) is 15.6 Å². The molecule has 2 unspecified atom stereocenters. The third kappa shape index (κ3) is 5.96. The first-order valence-corrected chi connectivity index (χ1v) is 13.3. The highest BCUT2D eigenvalue weighted by Gasteiger charge is 2.44. The Labute approximate surface area is 236 Å². The van der Waals surface area contributed by atoms with Crippen LogP contribution in [0.3, 0.4) is 0 Å². The average molecular weight is 646 g/mol. The van der Waals surface area contributed by atoms with Gasteiger partial charge in [-0.1, -0.05) is 24.3 Å². The number of aromatic amines is 1. The number of rotatable bonds is 9. The normalized spacial score (nSPS) is 18.0. The SMILES string of the molecule is O=C1[C@@H](c2ccc(OCCO)cc2)NC(O)N1C(Cc1ccc(F)cc1)c1ncc(-c2ccc(I)cc2F)[nH]1. The Morgan fingerprint density at radius 3 is 2.51 bits per heavy atom. The van der Waals surface area contributed by atoms with Crippen molar-refractivity contribution in [3.8, 4) is 17.0 Å². The predicted molar refractivity (Wildman–Crippen MR) is 147 cm³/mol. The van der Waals surface area contributed by atoms with Crippen molar-refractivity contribution in [2.75, 3.05) is 13.2 Å². The summed E-state index contributed by atoms with van der Waals surface area (Å²) >= 11 is 2.03. The molecule has 4 aromatic rings. The molecule has 1 amide bonds. The molecule has 1 fully saturated rings. The Kier molecular flexibility index (Phi) is 8.21. The smallest absolute Gasteiger partial charge is 0.248 e. The summed E-state index contributed by atoms with van der Waals surface area (Å²) in [5.41, 5.74) is 2.07. The van der Waals surface area contributed by atoms with Gasteiger partial charge in [0.15, 0.2) is 6.35 Å². The minimum absolute atomic E-state index is 0.119. The van der Waals surface area contributed by atoms with Gasteiger partial charge in [0.05, 0.1) is 24.5 Å². The summed E-state index contributed by atoms with van der Waals surface area (Å²) in [4.78, 5) is 22.5. The Bertz CT molecular complexity index is 1450. The zero-order valence-corrected chi connectivity index (χ0v) is 22.7. The Morgan fingerprint density at radius 2 is 1.82 bits per heavy atom. The maximum Gasteiger partial charge on any atom is 0.248 e. The van der Waals surface area contributed by atoms with Crippen LogP contribution in [-0.2, 0) is 11.2 Å². The third-order valence-electron chi connectivity index (χ3n) is 6.46. The molecule has 0 bridgehead atoms. The van der Waals surface area contributed by atoms with E-state index in [9.17, 15) is 18.7 Å². The number of aliphatic hydroxyl groups excluding tert-OH is 2. The maximum absolute atomic E-state index is 14.7. The third-order valence-corrected chi connectivity index (χ3v) is 7.14. The number of carbonyl (C=O) groups is 1. The van der Waals surface area contributed by atoms with Crippen LogP contribution in [0.2, 0.25) is 0 Å². The molecule has 0 saturated carbocycles. The number of hydrogen-bond acceptors (Lipinski definition) is 6. The topological polar surface area (TPSA) is 111 Å². The number of H-pyrrole nitrogens is 1. The number of imidazole rings is 1. The van der Waals surface area contributed by atoms with E-state index in [1.54, 1.807) is 48.5 Å². The first-order valence-electron chi connectivity index (χ1n) is 12.2. The number of aliphatic hydroxyl groups is 2. The van der Waals surface area contributed by atoms with E-state index in [1.165, 1.54) is 29.3 Å². The van der Waals surface area contributed by atoms with Crippen molar-refractivity contribution in [1.82, 2.24) is 20.2 Å². The van der Waals surface area contributed by atoms with E-state index < -0.39 is 36.0 Å². The number of carbonyl (C=O) groups excluding carboxylic acids is 1. The lowest BCUT2D eigenvalue weighted by Crippen LogP contribution is -2.41. The number of halogens is 3. The second-order valence-corrected chi connectivity index (χ2v) is 10.3. The summed E-state index contributed by atoms with van der Waals surface area (Å²) in [6, 6.07) is 15.8. The molecule has 39 heavy (non-hydrogen) atoms. The van der Waals surface area contributed by atoms with Crippen molar-refractivity contribution < 1.29 is 28.5 Å². The van der Waals surface area contributed by atoms with Gasteiger partial charge < -0.3 is 19.9 Å². The molecular weight excluding hydrogens is 621 g/mol. The second kappa shape index (κ2) is 11.8. The van der Waals surface area contributed by atoms with E-state index in [-0.39, 0.29) is 19.6 Å². The van der Waals surface area contributed by atoms with Crippen LogP contribution >= 0.6 is 22.6 Å². The zero-order valence-electron chi connectivity index (χ0n) is 20.5. The van der Waals surface area contributed by atoms with E-state index in [2.05, 4.69) is 15.3 Å². The Morgan fingerprint density at radius 1 is 1.08 bits per heavy atom. The molecule has 4 N–H and O–H groups in total. The zero-order chi connectivity index (χ0) is 27.5. The molecule has 1 saturated heterocycles. The standard InChI is InChI=1S/C28H25F2IN4O4/c29-18-5-1-16(2-6-18)13-24(26-32-15-23(33-26)21-10-7-19(31)14-22(21)30)35-27(37)25(34-28(35)38)17-3-8-20(9-4-17)39-12-11-36/h1-10,14-15,24-25,28,34,36,38H,11-13H2,(H,32,33)/t24?,25-,28?/m1/s1. The molecule has 1 aromatic heterocycles. The summed E-state index contributed by atoms with van der Waals surface area (Å²) in [5.74, 6) is -0.324. The van der Waals surface area contributed by atoms with Crippen molar-refractivity contribution in [1.29, 1.82) is 0 Å². The predicted octanol–water partition coefficient (Wildman–Crippen LogP) is 4.06. The van der Waals surface area contributed by atoms with Gasteiger partial charge in [0.2, 0.25) is 5.91 Å². The van der Waals surface area contributed by atoms with Gasteiger partial charge in [-0.05, 0) is 76.2 Å². The molecule has 2 heterocycles. The Hall–Kier alpha value is -3.39. The van der Waals surface area contributed by atoms with Crippen LogP contribution in [0.1, 0.15) is 29.0 Å². The highest BCUT2D eigenvalue weighted by molar-refractivity contribution is 14.1. The highest BCUT2D eigenvalue weighted by atomic mass is 127. The average Bonchev–Trinajstić information content (AvgIpc) is 3.52. The number of ether oxygens (including phenoxy) is 1. The van der Waals surface area contributed by atoms with E-state index in [4.69, 9.17) is 9.84 Å². The molecule has 5 rings (SSSR count). The number of aromatic nitrogens is 2. The minimum atomic E-state index is -1.35. The van der Waals surface area contributed by atoms with Gasteiger partial charge in [-0.15, -0.1) is 0 Å². The van der Waals surface area contributed by atoms with E-state index >= 15 is 0 Å². The van der Waals surface area contributed by atoms with Crippen LogP contribution in [0.25, 0.3) is 11.3 Å². The van der Waals surface area contributed by atoms with Crippen molar-refractivity contribution in [3.63, 3.8) is 0 Å². The van der Waals surface area contributed by atoms with Crippen LogP contribution in [0.4, 0.5) is 8.78 Å². The fraction of sp³-hybridized carbons (Fsp3) is 0.214. The molecule has 0 radical (unpaired) electrons. The second-order valence-electron chi connectivity index (χ2n) is 9.01. The van der Waals surface area contributed by atoms with Crippen LogP contribution in [0.5, 0.6) is 5.75 Å². The van der Waals surface area contributed by atoms with Crippen LogP contribution in [0.15, 0.2) is 72.9 Å². The van der Waals surface area contributed by atoms with Gasteiger partial charge >= 0.3 is 0 Å². The fourth-order valence-corrected chi connectivity index (χ4v) is 5.03. The van der Waals surface area contributed by atoms with Gasteiger partial charge in [-0.2, -0.15) is 0 Å². The van der Waals surface area contributed by atoms with Crippen LogP contribution in [-0.4, -0.2) is 50.6 Å². The maximum atomic E-state index is 14.7. The van der Waals surface area contributed by atoms with Crippen LogP contribution in [0, 0.1) is 15.2 Å². The summed E-state index contributed by atoms with van der Waals surface area (Å²) in [6.45, 7) is 0.0283. The number of hydrogen-bond donors (Lipinski definition) is 4. The first-order chi connectivity index (χ1) is 18.8. The van der Waals surface area contributed by atoms with Gasteiger partial charge in [0.1, 0.15) is 35.9 Å². The van der Waals surface area contributed by atoms with Crippen molar-refractivity contribution in [2.45, 2.75) is 24.9 Å². The summed E-state index contributed by atoms with van der Waals surface area (Å²) in [5, 5.41) is 22.9. The van der Waals surface area contributed by atoms with E-state index in [1.807, 2.05) is 22.6 Å². The molecule has 0 aliphatic carbocycles. The van der Waals surface area contributed by atoms with E-state index in [0.717, 1.165) is 3.57 Å².